The number of carbonyl (C=O) groups is 2. The maximum absolute atomic E-state index is 12.5. The van der Waals surface area contributed by atoms with Crippen LogP contribution in [0.25, 0.3) is 23.5 Å². The highest BCUT2D eigenvalue weighted by atomic mass is 32.1. The first-order valence-electron chi connectivity index (χ1n) is 10.9. The van der Waals surface area contributed by atoms with Gasteiger partial charge in [-0.1, -0.05) is 12.1 Å². The molecule has 14 heteroatoms. The van der Waals surface area contributed by atoms with Gasteiger partial charge in [0.2, 0.25) is 23.6 Å². The monoisotopic (exact) mass is 562 g/mol. The summed E-state index contributed by atoms with van der Waals surface area (Å²) in [6.45, 7) is 0. The highest BCUT2D eigenvalue weighted by Crippen LogP contribution is 2.23. The van der Waals surface area contributed by atoms with Gasteiger partial charge in [0.05, 0.1) is 11.4 Å². The predicted octanol–water partition coefficient (Wildman–Crippen LogP) is 2.04. The fourth-order valence-electron chi connectivity index (χ4n) is 3.62. The lowest BCUT2D eigenvalue weighted by atomic mass is 10.2. The van der Waals surface area contributed by atoms with Crippen molar-refractivity contribution in [1.29, 1.82) is 0 Å². The highest BCUT2D eigenvalue weighted by molar-refractivity contribution is 7.71. The van der Waals surface area contributed by atoms with Gasteiger partial charge in [0.1, 0.15) is 11.1 Å². The molecule has 12 nitrogen and oxygen atoms in total. The molecule has 4 aromatic rings. The SMILES string of the molecule is NC(=O)c1cccc(-n2c(O)c(C=C=Cc3c(O)n(-c4cccc(C(N)=O)c4)c(=S)[nH]c3=O)c(=O)[nH]c2=S)c1. The molecule has 8 N–H and O–H groups in total. The van der Waals surface area contributed by atoms with E-state index in [-0.39, 0.29) is 43.2 Å². The molecule has 0 bridgehead atoms. The van der Waals surface area contributed by atoms with Gasteiger partial charge >= 0.3 is 0 Å². The zero-order valence-electron chi connectivity index (χ0n) is 19.7. The number of hydrogen-bond donors (Lipinski definition) is 6. The van der Waals surface area contributed by atoms with Crippen molar-refractivity contribution >= 4 is 48.4 Å². The fourth-order valence-corrected chi connectivity index (χ4v) is 4.19. The summed E-state index contributed by atoms with van der Waals surface area (Å²) in [5, 5.41) is 21.7. The van der Waals surface area contributed by atoms with E-state index in [1.807, 2.05) is 0 Å². The standard InChI is InChI=1S/C25H18N6O6S2/c26-18(32)12-4-1-6-14(10-12)30-22(36)16(20(34)28-24(30)38)8-3-9-17-21(35)29-25(39)31(23(17)37)15-7-2-5-13(11-15)19(27)33/h1-2,4-11,36-37H,(H2,26,32)(H2,27,33)(H,28,34,38)(H,29,35,39). The van der Waals surface area contributed by atoms with Crippen molar-refractivity contribution in [2.75, 3.05) is 0 Å². The summed E-state index contributed by atoms with van der Waals surface area (Å²) in [7, 11) is 0. The number of aromatic amines is 2. The number of nitrogens with one attached hydrogen (secondary N) is 2. The summed E-state index contributed by atoms with van der Waals surface area (Å²) >= 11 is 10.3. The van der Waals surface area contributed by atoms with Gasteiger partial charge in [-0.3, -0.25) is 38.3 Å². The fraction of sp³-hybridized carbons (Fsp3) is 0. The van der Waals surface area contributed by atoms with Gasteiger partial charge in [-0.25, -0.2) is 0 Å². The Morgan fingerprint density at radius 2 is 1.15 bits per heavy atom. The van der Waals surface area contributed by atoms with E-state index in [0.717, 1.165) is 21.3 Å². The van der Waals surface area contributed by atoms with Gasteiger partial charge in [-0.15, -0.1) is 5.73 Å². The Bertz CT molecular complexity index is 1840. The first-order chi connectivity index (χ1) is 18.5. The number of aromatic nitrogens is 4. The number of rotatable bonds is 6. The van der Waals surface area contributed by atoms with E-state index in [2.05, 4.69) is 15.7 Å². The van der Waals surface area contributed by atoms with Crippen molar-refractivity contribution < 1.29 is 19.8 Å². The van der Waals surface area contributed by atoms with E-state index in [1.165, 1.54) is 48.5 Å². The molecule has 2 aromatic heterocycles. The third-order valence-corrected chi connectivity index (χ3v) is 6.04. The van der Waals surface area contributed by atoms with Crippen molar-refractivity contribution in [2.45, 2.75) is 0 Å². The summed E-state index contributed by atoms with van der Waals surface area (Å²) in [6, 6.07) is 11.8. The molecule has 2 heterocycles. The van der Waals surface area contributed by atoms with Crippen LogP contribution in [0, 0.1) is 9.54 Å². The van der Waals surface area contributed by atoms with Gasteiger partial charge < -0.3 is 21.7 Å². The van der Waals surface area contributed by atoms with Crippen LogP contribution in [0.15, 0.2) is 63.9 Å². The van der Waals surface area contributed by atoms with E-state index in [1.54, 1.807) is 0 Å². The average molecular weight is 563 g/mol. The van der Waals surface area contributed by atoms with Crippen molar-refractivity contribution in [3.63, 3.8) is 0 Å². The molecule has 2 aromatic carbocycles. The number of carbonyl (C=O) groups excluding carboxylic acids is 2. The Morgan fingerprint density at radius 3 is 1.51 bits per heavy atom. The third-order valence-electron chi connectivity index (χ3n) is 5.47. The first-order valence-corrected chi connectivity index (χ1v) is 11.7. The minimum atomic E-state index is -0.766. The lowest BCUT2D eigenvalue weighted by Gasteiger charge is -2.12. The molecule has 0 unspecified atom stereocenters. The maximum Gasteiger partial charge on any atom is 0.263 e. The van der Waals surface area contributed by atoms with Crippen LogP contribution >= 0.6 is 24.4 Å². The van der Waals surface area contributed by atoms with Crippen molar-refractivity contribution in [3.8, 4) is 23.1 Å². The van der Waals surface area contributed by atoms with Crippen LogP contribution in [0.4, 0.5) is 0 Å². The van der Waals surface area contributed by atoms with Crippen LogP contribution in [-0.4, -0.2) is 41.1 Å². The van der Waals surface area contributed by atoms with Crippen molar-refractivity contribution in [3.05, 3.63) is 107 Å². The molecule has 0 aliphatic rings. The van der Waals surface area contributed by atoms with Gasteiger partial charge in [0.15, 0.2) is 9.54 Å². The topological polar surface area (TPSA) is 202 Å². The van der Waals surface area contributed by atoms with Crippen LogP contribution in [0.2, 0.25) is 0 Å². The predicted molar refractivity (Wildman–Crippen MR) is 147 cm³/mol. The Labute approximate surface area is 228 Å². The molecular formula is C25H18N6O6S2. The molecule has 4 rings (SSSR count). The van der Waals surface area contributed by atoms with Gasteiger partial charge in [0, 0.05) is 11.1 Å². The lowest BCUT2D eigenvalue weighted by Crippen LogP contribution is -2.17. The molecule has 0 atom stereocenters. The number of nitrogens with two attached hydrogens (primary N) is 2. The van der Waals surface area contributed by atoms with Crippen LogP contribution in [0.5, 0.6) is 11.8 Å². The molecule has 39 heavy (non-hydrogen) atoms. The van der Waals surface area contributed by atoms with E-state index >= 15 is 0 Å². The Balaban J connectivity index is 1.85. The molecule has 0 radical (unpaired) electrons. The number of aromatic hydroxyl groups is 2. The van der Waals surface area contributed by atoms with Gasteiger partial charge in [0.25, 0.3) is 11.1 Å². The number of primary amides is 2. The Morgan fingerprint density at radius 1 is 0.769 bits per heavy atom. The van der Waals surface area contributed by atoms with E-state index in [4.69, 9.17) is 35.9 Å². The minimum absolute atomic E-state index is 0.145. The number of benzene rings is 2. The summed E-state index contributed by atoms with van der Waals surface area (Å²) in [5.74, 6) is -2.57. The van der Waals surface area contributed by atoms with Crippen molar-refractivity contribution in [1.82, 2.24) is 19.1 Å². The Kier molecular flexibility index (Phi) is 7.27. The second-order valence-electron chi connectivity index (χ2n) is 7.95. The van der Waals surface area contributed by atoms with Crippen LogP contribution < -0.4 is 22.6 Å². The summed E-state index contributed by atoms with van der Waals surface area (Å²) in [5.41, 5.74) is 11.9. The smallest absolute Gasteiger partial charge is 0.263 e. The molecule has 2 amide bonds. The Hall–Kier alpha value is -5.30. The highest BCUT2D eigenvalue weighted by Gasteiger charge is 2.15. The molecular weight excluding hydrogens is 544 g/mol. The van der Waals surface area contributed by atoms with E-state index < -0.39 is 34.7 Å². The molecule has 0 fully saturated rings. The zero-order valence-corrected chi connectivity index (χ0v) is 21.3. The number of amides is 2. The lowest BCUT2D eigenvalue weighted by molar-refractivity contribution is 0.0992. The summed E-state index contributed by atoms with van der Waals surface area (Å²) in [6.07, 6.45) is 2.13. The zero-order chi connectivity index (χ0) is 28.4. The summed E-state index contributed by atoms with van der Waals surface area (Å²) in [4.78, 5) is 53.0. The normalized spacial score (nSPS) is 10.5. The molecule has 0 aliphatic carbocycles. The maximum atomic E-state index is 12.5. The second kappa shape index (κ2) is 10.6. The third kappa shape index (κ3) is 5.24. The van der Waals surface area contributed by atoms with Crippen LogP contribution in [0.3, 0.4) is 0 Å². The van der Waals surface area contributed by atoms with Crippen molar-refractivity contribution in [2.24, 2.45) is 11.5 Å². The number of hydrogen-bond acceptors (Lipinski definition) is 8. The van der Waals surface area contributed by atoms with Crippen LogP contribution in [-0.2, 0) is 0 Å². The first kappa shape index (κ1) is 26.8. The molecule has 196 valence electrons. The molecule has 0 saturated carbocycles. The number of H-pyrrole nitrogens is 2. The van der Waals surface area contributed by atoms with E-state index in [9.17, 15) is 29.4 Å². The molecule has 0 aliphatic heterocycles. The minimum Gasteiger partial charge on any atom is -0.494 e. The number of nitrogens with zero attached hydrogens (tertiary/aromatic N) is 2. The van der Waals surface area contributed by atoms with Gasteiger partial charge in [-0.2, -0.15) is 0 Å². The largest absolute Gasteiger partial charge is 0.494 e. The average Bonchev–Trinajstić information content (AvgIpc) is 2.87. The van der Waals surface area contributed by atoms with Crippen LogP contribution in [0.1, 0.15) is 31.8 Å². The van der Waals surface area contributed by atoms with Gasteiger partial charge in [-0.05, 0) is 73.0 Å². The summed E-state index contributed by atoms with van der Waals surface area (Å²) < 4.78 is 1.89. The molecule has 0 spiro atoms. The molecule has 0 saturated heterocycles. The second-order valence-corrected chi connectivity index (χ2v) is 8.72. The van der Waals surface area contributed by atoms with E-state index in [0.29, 0.717) is 0 Å². The quantitative estimate of drug-likeness (QED) is 0.151.